The average molecular weight is 211 g/mol. The van der Waals surface area contributed by atoms with Gasteiger partial charge in [-0.25, -0.2) is 0 Å². The molecule has 0 saturated heterocycles. The standard InChI is InChI=1S/C11H21N3O/c1-9-10(7-14(4)13-9)6-12-11(2,3)8-15-5/h7,12H,6,8H2,1-5H3. The molecule has 1 aromatic heterocycles. The molecule has 0 aliphatic heterocycles. The highest BCUT2D eigenvalue weighted by atomic mass is 16.5. The van der Waals surface area contributed by atoms with Crippen LogP contribution in [0.3, 0.4) is 0 Å². The third-order valence-corrected chi connectivity index (χ3v) is 2.38. The van der Waals surface area contributed by atoms with Gasteiger partial charge in [0.25, 0.3) is 0 Å². The maximum Gasteiger partial charge on any atom is 0.0639 e. The minimum atomic E-state index is -0.00295. The molecule has 4 nitrogen and oxygen atoms in total. The minimum absolute atomic E-state index is 0.00295. The van der Waals surface area contributed by atoms with E-state index in [1.54, 1.807) is 7.11 Å². The largest absolute Gasteiger partial charge is 0.383 e. The van der Waals surface area contributed by atoms with Crippen LogP contribution in [0.15, 0.2) is 6.20 Å². The summed E-state index contributed by atoms with van der Waals surface area (Å²) in [5.74, 6) is 0. The zero-order chi connectivity index (χ0) is 11.5. The molecule has 0 spiro atoms. The molecule has 0 aliphatic carbocycles. The number of aromatic nitrogens is 2. The normalized spacial score (nSPS) is 12.1. The molecular formula is C11H21N3O. The first-order valence-electron chi connectivity index (χ1n) is 5.18. The number of nitrogens with zero attached hydrogens (tertiary/aromatic N) is 2. The van der Waals surface area contributed by atoms with Gasteiger partial charge in [-0.15, -0.1) is 0 Å². The molecule has 0 aliphatic rings. The van der Waals surface area contributed by atoms with Crippen LogP contribution in [0, 0.1) is 6.92 Å². The van der Waals surface area contributed by atoms with Crippen molar-refractivity contribution in [1.82, 2.24) is 15.1 Å². The maximum absolute atomic E-state index is 5.15. The van der Waals surface area contributed by atoms with Gasteiger partial charge in [-0.05, 0) is 20.8 Å². The highest BCUT2D eigenvalue weighted by Crippen LogP contribution is 2.08. The molecule has 0 saturated carbocycles. The Balaban J connectivity index is 2.53. The molecule has 0 atom stereocenters. The van der Waals surface area contributed by atoms with E-state index in [1.165, 1.54) is 5.56 Å². The van der Waals surface area contributed by atoms with E-state index in [2.05, 4.69) is 24.3 Å². The number of rotatable bonds is 5. The molecule has 1 rings (SSSR count). The van der Waals surface area contributed by atoms with Gasteiger partial charge >= 0.3 is 0 Å². The summed E-state index contributed by atoms with van der Waals surface area (Å²) in [5, 5.41) is 7.76. The van der Waals surface area contributed by atoms with Crippen LogP contribution in [0.4, 0.5) is 0 Å². The molecule has 86 valence electrons. The van der Waals surface area contributed by atoms with Gasteiger partial charge in [-0.3, -0.25) is 4.68 Å². The molecule has 0 bridgehead atoms. The Labute approximate surface area is 91.6 Å². The van der Waals surface area contributed by atoms with Crippen molar-refractivity contribution in [3.63, 3.8) is 0 Å². The Bertz CT molecular complexity index is 318. The predicted octanol–water partition coefficient (Wildman–Crippen LogP) is 1.24. The molecule has 1 aromatic rings. The molecular weight excluding hydrogens is 190 g/mol. The smallest absolute Gasteiger partial charge is 0.0639 e. The highest BCUT2D eigenvalue weighted by Gasteiger charge is 2.17. The summed E-state index contributed by atoms with van der Waals surface area (Å²) in [6, 6.07) is 0. The third-order valence-electron chi connectivity index (χ3n) is 2.38. The van der Waals surface area contributed by atoms with Gasteiger partial charge in [-0.2, -0.15) is 5.10 Å². The first-order chi connectivity index (χ1) is 6.94. The van der Waals surface area contributed by atoms with E-state index < -0.39 is 0 Å². The quantitative estimate of drug-likeness (QED) is 0.796. The number of nitrogens with one attached hydrogen (secondary N) is 1. The lowest BCUT2D eigenvalue weighted by molar-refractivity contribution is 0.127. The predicted molar refractivity (Wildman–Crippen MR) is 60.7 cm³/mol. The van der Waals surface area contributed by atoms with Crippen molar-refractivity contribution >= 4 is 0 Å². The monoisotopic (exact) mass is 211 g/mol. The van der Waals surface area contributed by atoms with E-state index in [4.69, 9.17) is 4.74 Å². The number of aryl methyl sites for hydroxylation is 2. The molecule has 1 heterocycles. The molecule has 4 heteroatoms. The van der Waals surface area contributed by atoms with Gasteiger partial charge in [0.05, 0.1) is 12.3 Å². The molecule has 0 amide bonds. The van der Waals surface area contributed by atoms with E-state index >= 15 is 0 Å². The maximum atomic E-state index is 5.15. The summed E-state index contributed by atoms with van der Waals surface area (Å²) in [6.07, 6.45) is 2.05. The Kier molecular flexibility index (Phi) is 3.88. The zero-order valence-corrected chi connectivity index (χ0v) is 10.3. The van der Waals surface area contributed by atoms with E-state index in [1.807, 2.05) is 24.9 Å². The topological polar surface area (TPSA) is 39.1 Å². The van der Waals surface area contributed by atoms with Crippen LogP contribution in [0.25, 0.3) is 0 Å². The van der Waals surface area contributed by atoms with Gasteiger partial charge in [-0.1, -0.05) is 0 Å². The summed E-state index contributed by atoms with van der Waals surface area (Å²) >= 11 is 0. The van der Waals surface area contributed by atoms with Crippen LogP contribution in [0.2, 0.25) is 0 Å². The second kappa shape index (κ2) is 4.77. The SMILES string of the molecule is COCC(C)(C)NCc1cn(C)nc1C. The van der Waals surface area contributed by atoms with Crippen molar-refractivity contribution in [3.05, 3.63) is 17.5 Å². The third kappa shape index (κ3) is 3.64. The molecule has 0 radical (unpaired) electrons. The first-order valence-corrected chi connectivity index (χ1v) is 5.18. The Morgan fingerprint density at radius 3 is 2.67 bits per heavy atom. The van der Waals surface area contributed by atoms with E-state index in [-0.39, 0.29) is 5.54 Å². The number of hydrogen-bond acceptors (Lipinski definition) is 3. The van der Waals surface area contributed by atoms with Crippen LogP contribution >= 0.6 is 0 Å². The fraction of sp³-hybridized carbons (Fsp3) is 0.727. The van der Waals surface area contributed by atoms with Gasteiger partial charge in [0.2, 0.25) is 0 Å². The van der Waals surface area contributed by atoms with Gasteiger partial charge in [0.1, 0.15) is 0 Å². The fourth-order valence-corrected chi connectivity index (χ4v) is 1.57. The van der Waals surface area contributed by atoms with Gasteiger partial charge < -0.3 is 10.1 Å². The van der Waals surface area contributed by atoms with Crippen LogP contribution < -0.4 is 5.32 Å². The van der Waals surface area contributed by atoms with Gasteiger partial charge in [0, 0.05) is 38.0 Å². The summed E-state index contributed by atoms with van der Waals surface area (Å²) in [4.78, 5) is 0. The summed E-state index contributed by atoms with van der Waals surface area (Å²) in [5.41, 5.74) is 2.32. The van der Waals surface area contributed by atoms with E-state index in [9.17, 15) is 0 Å². The lowest BCUT2D eigenvalue weighted by Crippen LogP contribution is -2.42. The van der Waals surface area contributed by atoms with Crippen molar-refractivity contribution in [2.24, 2.45) is 7.05 Å². The number of ether oxygens (including phenoxy) is 1. The second-order valence-corrected chi connectivity index (χ2v) is 4.58. The molecule has 0 aromatic carbocycles. The lowest BCUT2D eigenvalue weighted by Gasteiger charge is -2.25. The summed E-state index contributed by atoms with van der Waals surface area (Å²) in [7, 11) is 3.66. The number of hydrogen-bond donors (Lipinski definition) is 1. The van der Waals surface area contributed by atoms with Crippen molar-refractivity contribution < 1.29 is 4.74 Å². The van der Waals surface area contributed by atoms with E-state index in [0.29, 0.717) is 6.61 Å². The minimum Gasteiger partial charge on any atom is -0.383 e. The number of methoxy groups -OCH3 is 1. The molecule has 0 fully saturated rings. The van der Waals surface area contributed by atoms with E-state index in [0.717, 1.165) is 12.2 Å². The Morgan fingerprint density at radius 1 is 1.53 bits per heavy atom. The van der Waals surface area contributed by atoms with Crippen LogP contribution in [0.1, 0.15) is 25.1 Å². The van der Waals surface area contributed by atoms with Crippen LogP contribution in [0.5, 0.6) is 0 Å². The average Bonchev–Trinajstić information content (AvgIpc) is 2.42. The first kappa shape index (κ1) is 12.2. The van der Waals surface area contributed by atoms with Crippen molar-refractivity contribution in [2.75, 3.05) is 13.7 Å². The molecule has 1 N–H and O–H groups in total. The molecule has 15 heavy (non-hydrogen) atoms. The zero-order valence-electron chi connectivity index (χ0n) is 10.3. The lowest BCUT2D eigenvalue weighted by atomic mass is 10.1. The fourth-order valence-electron chi connectivity index (χ4n) is 1.57. The Morgan fingerprint density at radius 2 is 2.20 bits per heavy atom. The Hall–Kier alpha value is -0.870. The van der Waals surface area contributed by atoms with Crippen molar-refractivity contribution in [3.8, 4) is 0 Å². The van der Waals surface area contributed by atoms with Crippen molar-refractivity contribution in [2.45, 2.75) is 32.9 Å². The second-order valence-electron chi connectivity index (χ2n) is 4.58. The van der Waals surface area contributed by atoms with Crippen molar-refractivity contribution in [1.29, 1.82) is 0 Å². The molecule has 0 unspecified atom stereocenters. The van der Waals surface area contributed by atoms with Gasteiger partial charge in [0.15, 0.2) is 0 Å². The van der Waals surface area contributed by atoms with Crippen LogP contribution in [-0.4, -0.2) is 29.0 Å². The summed E-state index contributed by atoms with van der Waals surface area (Å²) < 4.78 is 6.99. The summed E-state index contributed by atoms with van der Waals surface area (Å²) in [6.45, 7) is 7.81. The highest BCUT2D eigenvalue weighted by molar-refractivity contribution is 5.15. The van der Waals surface area contributed by atoms with Crippen LogP contribution in [-0.2, 0) is 18.3 Å².